The van der Waals surface area contributed by atoms with E-state index in [2.05, 4.69) is 42.1 Å². The summed E-state index contributed by atoms with van der Waals surface area (Å²) in [5, 5.41) is 18.1. The number of rotatable bonds is 6. The van der Waals surface area contributed by atoms with Gasteiger partial charge in [0, 0.05) is 21.4 Å². The van der Waals surface area contributed by atoms with E-state index < -0.39 is 6.04 Å². The molecule has 8 nitrogen and oxygen atoms in total. The molecule has 0 unspecified atom stereocenters. The second kappa shape index (κ2) is 8.66. The number of ether oxygens (including phenoxy) is 1. The Morgan fingerprint density at radius 3 is 2.83 bits per heavy atom. The smallest absolute Gasteiger partial charge is 0.255 e. The van der Waals surface area contributed by atoms with Gasteiger partial charge in [-0.25, -0.2) is 0 Å². The zero-order valence-electron chi connectivity index (χ0n) is 16.6. The molecule has 1 aromatic heterocycles. The molecule has 154 valence electrons. The summed E-state index contributed by atoms with van der Waals surface area (Å²) in [7, 11) is 0. The SMILES string of the molecule is CCCOc1ccc(Br)cc1[C@H]1C(C(=O)Nc2ccccc2)=C(C)Nc2nnnn21. The number of nitrogens with one attached hydrogen (secondary N) is 2. The molecule has 1 aliphatic heterocycles. The molecule has 0 spiro atoms. The number of amides is 1. The van der Waals surface area contributed by atoms with E-state index in [0.29, 0.717) is 35.3 Å². The molecule has 3 aromatic rings. The Balaban J connectivity index is 1.81. The van der Waals surface area contributed by atoms with E-state index in [1.807, 2.05) is 62.4 Å². The second-order valence-corrected chi connectivity index (χ2v) is 7.78. The van der Waals surface area contributed by atoms with Gasteiger partial charge in [0.2, 0.25) is 5.95 Å². The van der Waals surface area contributed by atoms with Crippen molar-refractivity contribution >= 4 is 33.5 Å². The first-order valence-corrected chi connectivity index (χ1v) is 10.4. The highest BCUT2D eigenvalue weighted by molar-refractivity contribution is 9.10. The molecule has 0 radical (unpaired) electrons. The van der Waals surface area contributed by atoms with Crippen LogP contribution in [0.25, 0.3) is 0 Å². The van der Waals surface area contributed by atoms with Crippen LogP contribution in [-0.4, -0.2) is 32.7 Å². The predicted octanol–water partition coefficient (Wildman–Crippen LogP) is 4.15. The van der Waals surface area contributed by atoms with E-state index in [9.17, 15) is 4.79 Å². The Morgan fingerprint density at radius 1 is 1.27 bits per heavy atom. The number of fused-ring (bicyclic) bond motifs is 1. The number of hydrogen-bond acceptors (Lipinski definition) is 6. The number of para-hydroxylation sites is 1. The quantitative estimate of drug-likeness (QED) is 0.564. The first-order valence-electron chi connectivity index (χ1n) is 9.62. The normalized spacial score (nSPS) is 15.4. The van der Waals surface area contributed by atoms with E-state index >= 15 is 0 Å². The summed E-state index contributed by atoms with van der Waals surface area (Å²) in [5.41, 5.74) is 2.70. The number of benzene rings is 2. The Bertz CT molecular complexity index is 1100. The number of aromatic nitrogens is 4. The predicted molar refractivity (Wildman–Crippen MR) is 117 cm³/mol. The van der Waals surface area contributed by atoms with Crippen molar-refractivity contribution in [2.45, 2.75) is 26.3 Å². The lowest BCUT2D eigenvalue weighted by atomic mass is 9.94. The standard InChI is InChI=1S/C21H21BrN6O2/c1-3-11-30-17-10-9-14(22)12-16(17)19-18(13(2)23-21-25-26-27-28(19)21)20(29)24-15-7-5-4-6-8-15/h4-10,12,19H,3,11H2,1-2H3,(H,24,29)(H,23,25,27)/t19-/m0/s1. The third-order valence-corrected chi connectivity index (χ3v) is 5.21. The van der Waals surface area contributed by atoms with Crippen LogP contribution < -0.4 is 15.4 Å². The van der Waals surface area contributed by atoms with Gasteiger partial charge in [0.25, 0.3) is 5.91 Å². The zero-order chi connectivity index (χ0) is 21.1. The number of nitrogens with zero attached hydrogens (tertiary/aromatic N) is 4. The third kappa shape index (κ3) is 3.93. The molecule has 2 aromatic carbocycles. The molecule has 0 fully saturated rings. The fourth-order valence-corrected chi connectivity index (χ4v) is 3.77. The van der Waals surface area contributed by atoms with Gasteiger partial charge in [0.05, 0.1) is 12.2 Å². The van der Waals surface area contributed by atoms with Crippen molar-refractivity contribution < 1.29 is 9.53 Å². The van der Waals surface area contributed by atoms with Crippen LogP contribution in [0.4, 0.5) is 11.6 Å². The van der Waals surface area contributed by atoms with Gasteiger partial charge in [-0.1, -0.05) is 46.2 Å². The van der Waals surface area contributed by atoms with Gasteiger partial charge in [-0.05, 0) is 54.1 Å². The lowest BCUT2D eigenvalue weighted by Crippen LogP contribution is -2.31. The minimum atomic E-state index is -0.552. The van der Waals surface area contributed by atoms with Crippen LogP contribution in [0.1, 0.15) is 31.9 Å². The number of carbonyl (C=O) groups is 1. The molecular weight excluding hydrogens is 448 g/mol. The molecule has 1 aliphatic rings. The van der Waals surface area contributed by atoms with Crippen molar-refractivity contribution in [1.29, 1.82) is 0 Å². The van der Waals surface area contributed by atoms with Crippen molar-refractivity contribution in [3.63, 3.8) is 0 Å². The van der Waals surface area contributed by atoms with Gasteiger partial charge in [0.1, 0.15) is 11.8 Å². The summed E-state index contributed by atoms with van der Waals surface area (Å²) in [6, 6.07) is 14.5. The van der Waals surface area contributed by atoms with Crippen LogP contribution in [0.2, 0.25) is 0 Å². The molecule has 0 bridgehead atoms. The van der Waals surface area contributed by atoms with E-state index in [1.54, 1.807) is 4.68 Å². The van der Waals surface area contributed by atoms with Gasteiger partial charge in [-0.2, -0.15) is 4.68 Å². The number of allylic oxidation sites excluding steroid dienone is 1. The third-order valence-electron chi connectivity index (χ3n) is 4.72. The second-order valence-electron chi connectivity index (χ2n) is 6.86. The maximum atomic E-state index is 13.4. The first-order chi connectivity index (χ1) is 14.6. The molecule has 2 heterocycles. The summed E-state index contributed by atoms with van der Waals surface area (Å²) in [4.78, 5) is 13.4. The highest BCUT2D eigenvalue weighted by Gasteiger charge is 2.36. The average Bonchev–Trinajstić information content (AvgIpc) is 3.20. The summed E-state index contributed by atoms with van der Waals surface area (Å²) < 4.78 is 8.47. The van der Waals surface area contributed by atoms with Crippen molar-refractivity contribution in [1.82, 2.24) is 20.2 Å². The lowest BCUT2D eigenvalue weighted by molar-refractivity contribution is -0.113. The molecule has 2 N–H and O–H groups in total. The Labute approximate surface area is 182 Å². The highest BCUT2D eigenvalue weighted by Crippen LogP contribution is 2.40. The topological polar surface area (TPSA) is 94.0 Å². The van der Waals surface area contributed by atoms with Gasteiger partial charge in [-0.3, -0.25) is 4.79 Å². The summed E-state index contributed by atoms with van der Waals surface area (Å²) in [6.07, 6.45) is 0.869. The molecule has 9 heteroatoms. The summed E-state index contributed by atoms with van der Waals surface area (Å²) in [5.74, 6) is 0.917. The highest BCUT2D eigenvalue weighted by atomic mass is 79.9. The largest absolute Gasteiger partial charge is 0.493 e. The van der Waals surface area contributed by atoms with E-state index in [4.69, 9.17) is 4.74 Å². The maximum absolute atomic E-state index is 13.4. The van der Waals surface area contributed by atoms with Gasteiger partial charge in [0.15, 0.2) is 0 Å². The van der Waals surface area contributed by atoms with Crippen molar-refractivity contribution in [2.75, 3.05) is 17.2 Å². The molecule has 0 saturated carbocycles. The fourth-order valence-electron chi connectivity index (χ4n) is 3.39. The minimum absolute atomic E-state index is 0.237. The summed E-state index contributed by atoms with van der Waals surface area (Å²) in [6.45, 7) is 4.46. The van der Waals surface area contributed by atoms with Crippen LogP contribution in [0.3, 0.4) is 0 Å². The van der Waals surface area contributed by atoms with Crippen molar-refractivity contribution in [3.8, 4) is 5.75 Å². The number of halogens is 1. The number of anilines is 2. The van der Waals surface area contributed by atoms with Crippen LogP contribution in [-0.2, 0) is 4.79 Å². The average molecular weight is 469 g/mol. The Hall–Kier alpha value is -3.20. The van der Waals surface area contributed by atoms with Crippen LogP contribution >= 0.6 is 15.9 Å². The fraction of sp³-hybridized carbons (Fsp3) is 0.238. The molecular formula is C21H21BrN6O2. The summed E-state index contributed by atoms with van der Waals surface area (Å²) >= 11 is 3.54. The molecule has 4 rings (SSSR count). The monoisotopic (exact) mass is 468 g/mol. The minimum Gasteiger partial charge on any atom is -0.493 e. The Kier molecular flexibility index (Phi) is 5.80. The van der Waals surface area contributed by atoms with Crippen LogP contribution in [0, 0.1) is 0 Å². The number of carbonyl (C=O) groups excluding carboxylic acids is 1. The first kappa shape index (κ1) is 20.1. The van der Waals surface area contributed by atoms with Gasteiger partial charge >= 0.3 is 0 Å². The molecule has 1 amide bonds. The van der Waals surface area contributed by atoms with E-state index in [0.717, 1.165) is 16.5 Å². The van der Waals surface area contributed by atoms with E-state index in [-0.39, 0.29) is 5.91 Å². The van der Waals surface area contributed by atoms with Crippen molar-refractivity contribution in [3.05, 3.63) is 69.8 Å². The Morgan fingerprint density at radius 2 is 2.07 bits per heavy atom. The van der Waals surface area contributed by atoms with Gasteiger partial charge in [-0.15, -0.1) is 0 Å². The maximum Gasteiger partial charge on any atom is 0.255 e. The van der Waals surface area contributed by atoms with Crippen molar-refractivity contribution in [2.24, 2.45) is 0 Å². The van der Waals surface area contributed by atoms with E-state index in [1.165, 1.54) is 0 Å². The zero-order valence-corrected chi connectivity index (χ0v) is 18.2. The lowest BCUT2D eigenvalue weighted by Gasteiger charge is -2.29. The van der Waals surface area contributed by atoms with Crippen LogP contribution in [0.5, 0.6) is 5.75 Å². The number of hydrogen-bond donors (Lipinski definition) is 2. The number of tetrazole rings is 1. The van der Waals surface area contributed by atoms with Gasteiger partial charge < -0.3 is 15.4 Å². The molecule has 0 aliphatic carbocycles. The van der Waals surface area contributed by atoms with Crippen LogP contribution in [0.15, 0.2) is 64.3 Å². The molecule has 0 saturated heterocycles. The molecule has 30 heavy (non-hydrogen) atoms. The molecule has 1 atom stereocenters.